The second-order valence-corrected chi connectivity index (χ2v) is 7.23. The van der Waals surface area contributed by atoms with E-state index >= 15 is 0 Å². The Kier molecular flexibility index (Phi) is 4.26. The minimum Gasteiger partial charge on any atom is -0.405 e. The number of aliphatic imine (C=N–C) groups is 1. The van der Waals surface area contributed by atoms with E-state index in [0.29, 0.717) is 17.9 Å². The summed E-state index contributed by atoms with van der Waals surface area (Å²) in [7, 11) is 0. The lowest BCUT2D eigenvalue weighted by molar-refractivity contribution is -0.0278. The van der Waals surface area contributed by atoms with Crippen LogP contribution in [-0.2, 0) is 0 Å². The van der Waals surface area contributed by atoms with Crippen LogP contribution in [0, 0.1) is 18.8 Å². The summed E-state index contributed by atoms with van der Waals surface area (Å²) in [6.07, 6.45) is 8.81. The predicted octanol–water partition coefficient (Wildman–Crippen LogP) is 1.21. The lowest BCUT2D eigenvalue weighted by Crippen LogP contribution is -2.65. The van der Waals surface area contributed by atoms with Crippen LogP contribution in [0.15, 0.2) is 21.8 Å². The monoisotopic (exact) mass is 330 g/mol. The molecule has 5 rings (SSSR count). The van der Waals surface area contributed by atoms with E-state index < -0.39 is 0 Å². The van der Waals surface area contributed by atoms with Crippen LogP contribution in [0.2, 0.25) is 0 Å². The molecule has 0 spiro atoms. The van der Waals surface area contributed by atoms with Crippen LogP contribution >= 0.6 is 0 Å². The Bertz CT molecular complexity index is 606. The Morgan fingerprint density at radius 2 is 2.00 bits per heavy atom. The smallest absolute Gasteiger partial charge is 0.324 e. The number of rotatable bonds is 4. The second-order valence-electron chi connectivity index (χ2n) is 7.23. The summed E-state index contributed by atoms with van der Waals surface area (Å²) in [5.74, 6) is 2.18. The molecule has 0 amide bonds. The van der Waals surface area contributed by atoms with Crippen molar-refractivity contribution in [2.24, 2.45) is 22.6 Å². The Labute approximate surface area is 142 Å². The lowest BCUT2D eigenvalue weighted by atomic mass is 9.65. The molecule has 1 saturated carbocycles. The molecule has 4 heterocycles. The van der Waals surface area contributed by atoms with E-state index in [1.807, 2.05) is 13.1 Å². The number of fused-ring (bicyclic) bond motifs is 2. The van der Waals surface area contributed by atoms with Crippen LogP contribution in [-0.4, -0.2) is 59.5 Å². The molecule has 130 valence electrons. The van der Waals surface area contributed by atoms with Crippen molar-refractivity contribution in [3.8, 4) is 0 Å². The summed E-state index contributed by atoms with van der Waals surface area (Å²) in [5.41, 5.74) is 5.34. The van der Waals surface area contributed by atoms with E-state index in [1.165, 1.54) is 12.6 Å². The van der Waals surface area contributed by atoms with E-state index in [9.17, 15) is 0 Å². The summed E-state index contributed by atoms with van der Waals surface area (Å²) in [5, 5.41) is 3.92. The molecule has 3 aliphatic heterocycles. The van der Waals surface area contributed by atoms with E-state index in [1.54, 1.807) is 6.08 Å². The number of piperidine rings is 3. The molecule has 0 radical (unpaired) electrons. The number of nitrogens with zero attached hydrogens (tertiary/aromatic N) is 5. The van der Waals surface area contributed by atoms with Gasteiger partial charge in [0, 0.05) is 38.4 Å². The van der Waals surface area contributed by atoms with Gasteiger partial charge in [0.15, 0.2) is 5.82 Å². The SMILES string of the molecule is Cc1noc(N2CC3CC(C2)C3N2CCC(N=CC=CN)CC2)n1. The molecule has 1 aromatic heterocycles. The number of nitrogens with two attached hydrogens (primary N) is 1. The van der Waals surface area contributed by atoms with Crippen molar-refractivity contribution < 1.29 is 4.52 Å². The van der Waals surface area contributed by atoms with Crippen LogP contribution in [0.25, 0.3) is 0 Å². The van der Waals surface area contributed by atoms with Gasteiger partial charge in [-0.25, -0.2) is 0 Å². The topological polar surface area (TPSA) is 83.8 Å². The second kappa shape index (κ2) is 6.55. The fourth-order valence-electron chi connectivity index (χ4n) is 4.58. The van der Waals surface area contributed by atoms with Crippen molar-refractivity contribution >= 4 is 12.2 Å². The van der Waals surface area contributed by atoms with E-state index in [2.05, 4.69) is 24.9 Å². The van der Waals surface area contributed by atoms with Gasteiger partial charge in [-0.3, -0.25) is 9.89 Å². The Balaban J connectivity index is 1.31. The van der Waals surface area contributed by atoms with E-state index in [-0.39, 0.29) is 0 Å². The standard InChI is InChI=1S/C17H26N6O/c1-12-20-17(24-21-12)23-10-13-9-14(11-23)16(13)22-7-3-15(4-8-22)19-6-2-5-18/h2,5-6,13-16H,3-4,7-11,18H2,1H3. The Morgan fingerprint density at radius 1 is 1.25 bits per heavy atom. The van der Waals surface area contributed by atoms with Gasteiger partial charge in [-0.15, -0.1) is 0 Å². The van der Waals surface area contributed by atoms with Gasteiger partial charge in [0.05, 0.1) is 6.04 Å². The first-order valence-corrected chi connectivity index (χ1v) is 8.94. The Hall–Kier alpha value is -1.89. The molecule has 4 fully saturated rings. The minimum absolute atomic E-state index is 0.454. The van der Waals surface area contributed by atoms with E-state index in [4.69, 9.17) is 10.3 Å². The number of aromatic nitrogens is 2. The molecule has 7 heteroatoms. The number of hydrogen-bond acceptors (Lipinski definition) is 7. The van der Waals surface area contributed by atoms with Crippen molar-refractivity contribution in [3.63, 3.8) is 0 Å². The van der Waals surface area contributed by atoms with Gasteiger partial charge in [-0.05, 0) is 50.3 Å². The first-order valence-electron chi connectivity index (χ1n) is 8.94. The highest BCUT2D eigenvalue weighted by Crippen LogP contribution is 2.45. The van der Waals surface area contributed by atoms with Crippen LogP contribution in [0.4, 0.5) is 6.01 Å². The summed E-state index contributed by atoms with van der Waals surface area (Å²) in [6, 6.07) is 1.89. The zero-order chi connectivity index (χ0) is 16.5. The lowest BCUT2D eigenvalue weighted by Gasteiger charge is -2.57. The fraction of sp³-hybridized carbons (Fsp3) is 0.706. The first-order chi connectivity index (χ1) is 11.7. The predicted molar refractivity (Wildman–Crippen MR) is 93.0 cm³/mol. The third-order valence-electron chi connectivity index (χ3n) is 5.68. The number of allylic oxidation sites excluding steroid dienone is 1. The van der Waals surface area contributed by atoms with Crippen molar-refractivity contribution in [2.75, 3.05) is 31.1 Å². The molecule has 0 aromatic carbocycles. The number of aryl methyl sites for hydroxylation is 1. The third-order valence-corrected chi connectivity index (χ3v) is 5.68. The maximum absolute atomic E-state index is 5.34. The van der Waals surface area contributed by atoms with Crippen LogP contribution < -0.4 is 10.6 Å². The van der Waals surface area contributed by atoms with Crippen molar-refractivity contribution in [3.05, 3.63) is 18.1 Å². The molecule has 2 bridgehead atoms. The van der Waals surface area contributed by atoms with Gasteiger partial charge in [0.1, 0.15) is 0 Å². The van der Waals surface area contributed by atoms with Crippen molar-refractivity contribution in [2.45, 2.75) is 38.3 Å². The average Bonchev–Trinajstić information content (AvgIpc) is 3.03. The molecule has 1 aromatic rings. The van der Waals surface area contributed by atoms with Crippen molar-refractivity contribution in [1.82, 2.24) is 15.0 Å². The molecular formula is C17H26N6O. The normalized spacial score (nSPS) is 31.9. The van der Waals surface area contributed by atoms with Gasteiger partial charge in [-0.2, -0.15) is 4.98 Å². The zero-order valence-electron chi connectivity index (χ0n) is 14.2. The van der Waals surface area contributed by atoms with Crippen LogP contribution in [0.5, 0.6) is 0 Å². The third kappa shape index (κ3) is 2.92. The zero-order valence-corrected chi connectivity index (χ0v) is 14.2. The quantitative estimate of drug-likeness (QED) is 0.836. The Morgan fingerprint density at radius 3 is 2.62 bits per heavy atom. The number of hydrogen-bond donors (Lipinski definition) is 1. The molecule has 3 saturated heterocycles. The molecule has 24 heavy (non-hydrogen) atoms. The number of anilines is 1. The largest absolute Gasteiger partial charge is 0.405 e. The molecular weight excluding hydrogens is 304 g/mol. The summed E-state index contributed by atoms with van der Waals surface area (Å²) < 4.78 is 5.34. The molecule has 2 unspecified atom stereocenters. The van der Waals surface area contributed by atoms with Crippen LogP contribution in [0.1, 0.15) is 25.1 Å². The van der Waals surface area contributed by atoms with Crippen molar-refractivity contribution in [1.29, 1.82) is 0 Å². The fourth-order valence-corrected chi connectivity index (χ4v) is 4.58. The molecule has 7 nitrogen and oxygen atoms in total. The first kappa shape index (κ1) is 15.6. The minimum atomic E-state index is 0.454. The van der Waals surface area contributed by atoms with Gasteiger partial charge < -0.3 is 15.2 Å². The molecule has 4 aliphatic rings. The van der Waals surface area contributed by atoms with E-state index in [0.717, 1.165) is 56.9 Å². The van der Waals surface area contributed by atoms with Gasteiger partial charge in [0.2, 0.25) is 0 Å². The molecule has 1 aliphatic carbocycles. The summed E-state index contributed by atoms with van der Waals surface area (Å²) in [6.45, 7) is 6.28. The van der Waals surface area contributed by atoms with Gasteiger partial charge >= 0.3 is 6.01 Å². The highest BCUT2D eigenvalue weighted by molar-refractivity contribution is 5.70. The molecule has 2 atom stereocenters. The maximum Gasteiger partial charge on any atom is 0.324 e. The summed E-state index contributed by atoms with van der Waals surface area (Å²) >= 11 is 0. The van der Waals surface area contributed by atoms with Gasteiger partial charge in [-0.1, -0.05) is 5.16 Å². The molecule has 2 N–H and O–H groups in total. The highest BCUT2D eigenvalue weighted by Gasteiger charge is 2.50. The van der Waals surface area contributed by atoms with Gasteiger partial charge in [0.25, 0.3) is 0 Å². The number of likely N-dealkylation sites (tertiary alicyclic amines) is 1. The average molecular weight is 330 g/mol. The van der Waals surface area contributed by atoms with Crippen LogP contribution in [0.3, 0.4) is 0 Å². The highest BCUT2D eigenvalue weighted by atomic mass is 16.5. The summed E-state index contributed by atoms with van der Waals surface area (Å²) in [4.78, 5) is 13.9. The maximum atomic E-state index is 5.34.